The largest absolute Gasteiger partial charge is 0.338 e. The van der Waals surface area contributed by atoms with Crippen molar-refractivity contribution < 1.29 is 4.79 Å². The summed E-state index contributed by atoms with van der Waals surface area (Å²) in [7, 11) is 1.96. The molecule has 1 aliphatic heterocycles. The van der Waals surface area contributed by atoms with E-state index in [0.29, 0.717) is 17.3 Å². The van der Waals surface area contributed by atoms with Crippen molar-refractivity contribution in [3.63, 3.8) is 0 Å². The Morgan fingerprint density at radius 2 is 2.36 bits per heavy atom. The van der Waals surface area contributed by atoms with Gasteiger partial charge in [0.2, 0.25) is 0 Å². The van der Waals surface area contributed by atoms with E-state index in [1.165, 1.54) is 6.42 Å². The van der Waals surface area contributed by atoms with Crippen LogP contribution in [0.5, 0.6) is 0 Å². The van der Waals surface area contributed by atoms with E-state index in [1.54, 1.807) is 29.4 Å². The highest BCUT2D eigenvalue weighted by Gasteiger charge is 2.24. The first kappa shape index (κ1) is 14.7. The number of imidazole rings is 1. The number of carbonyl (C=O) groups is 1. The molecule has 2 aromatic rings. The van der Waals surface area contributed by atoms with Gasteiger partial charge in [0.15, 0.2) is 0 Å². The maximum absolute atomic E-state index is 12.7. The molecule has 1 atom stereocenters. The number of carbonyl (C=O) groups excluding carboxylic acids is 1. The molecule has 22 heavy (non-hydrogen) atoms. The molecule has 2 aromatic heterocycles. The van der Waals surface area contributed by atoms with Crippen LogP contribution in [-0.4, -0.2) is 52.0 Å². The van der Waals surface area contributed by atoms with E-state index in [1.807, 2.05) is 24.2 Å². The molecule has 1 N–H and O–H groups in total. The molecule has 1 saturated heterocycles. The van der Waals surface area contributed by atoms with Gasteiger partial charge in [-0.05, 0) is 44.5 Å². The van der Waals surface area contributed by atoms with Crippen molar-refractivity contribution >= 4 is 5.91 Å². The summed E-state index contributed by atoms with van der Waals surface area (Å²) in [5, 5.41) is 3.21. The molecule has 0 aromatic carbocycles. The molecular weight excluding hydrogens is 278 g/mol. The van der Waals surface area contributed by atoms with Gasteiger partial charge in [-0.1, -0.05) is 0 Å². The molecule has 3 heterocycles. The number of pyridine rings is 1. The van der Waals surface area contributed by atoms with E-state index in [-0.39, 0.29) is 5.91 Å². The van der Waals surface area contributed by atoms with Crippen LogP contribution in [0.4, 0.5) is 0 Å². The SMILES string of the molecule is CNCC1CCCN(C(=O)c2ccnc(-n3ccnc3)c2)C1. The van der Waals surface area contributed by atoms with Gasteiger partial charge in [0, 0.05) is 37.2 Å². The molecule has 0 bridgehead atoms. The van der Waals surface area contributed by atoms with Crippen LogP contribution in [0.15, 0.2) is 37.1 Å². The van der Waals surface area contributed by atoms with Crippen molar-refractivity contribution in [2.75, 3.05) is 26.7 Å². The first-order valence-corrected chi connectivity index (χ1v) is 7.66. The molecule has 116 valence electrons. The number of nitrogens with one attached hydrogen (secondary N) is 1. The zero-order valence-corrected chi connectivity index (χ0v) is 12.8. The normalized spacial score (nSPS) is 18.4. The van der Waals surface area contributed by atoms with Crippen molar-refractivity contribution in [3.05, 3.63) is 42.6 Å². The number of likely N-dealkylation sites (tertiary alicyclic amines) is 1. The monoisotopic (exact) mass is 299 g/mol. The van der Waals surface area contributed by atoms with Crippen LogP contribution in [0.2, 0.25) is 0 Å². The Labute approximate surface area is 130 Å². The molecule has 6 heteroatoms. The van der Waals surface area contributed by atoms with Crippen molar-refractivity contribution in [2.24, 2.45) is 5.92 Å². The Balaban J connectivity index is 1.76. The van der Waals surface area contributed by atoms with Crippen LogP contribution in [0.1, 0.15) is 23.2 Å². The highest BCUT2D eigenvalue weighted by molar-refractivity contribution is 5.94. The average Bonchev–Trinajstić information content (AvgIpc) is 3.09. The average molecular weight is 299 g/mol. The van der Waals surface area contributed by atoms with E-state index in [9.17, 15) is 4.79 Å². The van der Waals surface area contributed by atoms with Crippen LogP contribution in [-0.2, 0) is 0 Å². The van der Waals surface area contributed by atoms with Gasteiger partial charge in [0.1, 0.15) is 12.1 Å². The molecule has 1 unspecified atom stereocenters. The highest BCUT2D eigenvalue weighted by Crippen LogP contribution is 2.18. The van der Waals surface area contributed by atoms with Gasteiger partial charge in [-0.25, -0.2) is 9.97 Å². The summed E-state index contributed by atoms with van der Waals surface area (Å²) in [5.41, 5.74) is 0.684. The molecule has 6 nitrogen and oxygen atoms in total. The first-order chi connectivity index (χ1) is 10.8. The lowest BCUT2D eigenvalue weighted by Gasteiger charge is -2.32. The zero-order valence-electron chi connectivity index (χ0n) is 12.8. The van der Waals surface area contributed by atoms with Crippen molar-refractivity contribution in [1.29, 1.82) is 0 Å². The molecule has 0 radical (unpaired) electrons. The second-order valence-electron chi connectivity index (χ2n) is 5.69. The third kappa shape index (κ3) is 3.17. The van der Waals surface area contributed by atoms with Gasteiger partial charge < -0.3 is 10.2 Å². The van der Waals surface area contributed by atoms with E-state index < -0.39 is 0 Å². The first-order valence-electron chi connectivity index (χ1n) is 7.66. The number of hydrogen-bond acceptors (Lipinski definition) is 4. The van der Waals surface area contributed by atoms with Crippen molar-refractivity contribution in [3.8, 4) is 5.82 Å². The summed E-state index contributed by atoms with van der Waals surface area (Å²) in [4.78, 5) is 23.0. The molecule has 0 saturated carbocycles. The fraction of sp³-hybridized carbons (Fsp3) is 0.438. The van der Waals surface area contributed by atoms with Gasteiger partial charge in [-0.15, -0.1) is 0 Å². The quantitative estimate of drug-likeness (QED) is 0.925. The lowest BCUT2D eigenvalue weighted by molar-refractivity contribution is 0.0674. The van der Waals surface area contributed by atoms with E-state index in [0.717, 1.165) is 26.1 Å². The Morgan fingerprint density at radius 1 is 1.45 bits per heavy atom. The van der Waals surface area contributed by atoms with Crippen molar-refractivity contribution in [2.45, 2.75) is 12.8 Å². The molecule has 1 fully saturated rings. The van der Waals surface area contributed by atoms with Gasteiger partial charge in [0.25, 0.3) is 5.91 Å². The summed E-state index contributed by atoms with van der Waals surface area (Å²) in [5.74, 6) is 1.34. The Hall–Kier alpha value is -2.21. The third-order valence-corrected chi connectivity index (χ3v) is 4.06. The Bertz CT molecular complexity index is 623. The number of aromatic nitrogens is 3. The van der Waals surface area contributed by atoms with Crippen LogP contribution >= 0.6 is 0 Å². The van der Waals surface area contributed by atoms with Gasteiger partial charge in [0.05, 0.1) is 0 Å². The summed E-state index contributed by atoms with van der Waals surface area (Å²) >= 11 is 0. The van der Waals surface area contributed by atoms with Crippen LogP contribution in [0.3, 0.4) is 0 Å². The van der Waals surface area contributed by atoms with Gasteiger partial charge in [-0.3, -0.25) is 9.36 Å². The standard InChI is InChI=1S/C16H21N5O/c1-17-10-13-3-2-7-20(11-13)16(22)14-4-5-19-15(9-14)21-8-6-18-12-21/h4-6,8-9,12-13,17H,2-3,7,10-11H2,1H3. The van der Waals surface area contributed by atoms with Crippen LogP contribution in [0.25, 0.3) is 5.82 Å². The minimum Gasteiger partial charge on any atom is -0.338 e. The molecule has 0 aliphatic carbocycles. The predicted molar refractivity (Wildman–Crippen MR) is 83.9 cm³/mol. The predicted octanol–water partition coefficient (Wildman–Crippen LogP) is 1.34. The fourth-order valence-corrected chi connectivity index (χ4v) is 2.97. The number of hydrogen-bond donors (Lipinski definition) is 1. The Morgan fingerprint density at radius 3 is 3.14 bits per heavy atom. The molecule has 3 rings (SSSR count). The minimum atomic E-state index is 0.0876. The fourth-order valence-electron chi connectivity index (χ4n) is 2.97. The number of amides is 1. The Kier molecular flexibility index (Phi) is 4.48. The maximum atomic E-state index is 12.7. The number of nitrogens with zero attached hydrogens (tertiary/aromatic N) is 4. The van der Waals surface area contributed by atoms with E-state index in [2.05, 4.69) is 15.3 Å². The lowest BCUT2D eigenvalue weighted by atomic mass is 9.97. The van der Waals surface area contributed by atoms with Gasteiger partial charge in [-0.2, -0.15) is 0 Å². The second-order valence-corrected chi connectivity index (χ2v) is 5.69. The zero-order chi connectivity index (χ0) is 15.4. The molecule has 0 spiro atoms. The summed E-state index contributed by atoms with van der Waals surface area (Å²) in [6.07, 6.45) is 9.13. The van der Waals surface area contributed by atoms with E-state index in [4.69, 9.17) is 0 Å². The molecule has 1 amide bonds. The number of rotatable bonds is 4. The maximum Gasteiger partial charge on any atom is 0.254 e. The van der Waals surface area contributed by atoms with Crippen LogP contribution < -0.4 is 5.32 Å². The third-order valence-electron chi connectivity index (χ3n) is 4.06. The molecular formula is C16H21N5O. The molecule has 1 aliphatic rings. The van der Waals surface area contributed by atoms with Crippen molar-refractivity contribution in [1.82, 2.24) is 24.8 Å². The van der Waals surface area contributed by atoms with E-state index >= 15 is 0 Å². The smallest absolute Gasteiger partial charge is 0.254 e. The van der Waals surface area contributed by atoms with Crippen LogP contribution in [0, 0.1) is 5.92 Å². The van der Waals surface area contributed by atoms with Gasteiger partial charge >= 0.3 is 0 Å². The second kappa shape index (κ2) is 6.70. The highest BCUT2D eigenvalue weighted by atomic mass is 16.2. The minimum absolute atomic E-state index is 0.0876. The summed E-state index contributed by atoms with van der Waals surface area (Å²) < 4.78 is 1.80. The summed E-state index contributed by atoms with van der Waals surface area (Å²) in [6.45, 7) is 2.62. The topological polar surface area (TPSA) is 63.1 Å². The number of piperidine rings is 1. The lowest BCUT2D eigenvalue weighted by Crippen LogP contribution is -2.42. The summed E-state index contributed by atoms with van der Waals surface area (Å²) in [6, 6.07) is 3.61.